The minimum absolute atomic E-state index is 0.186. The summed E-state index contributed by atoms with van der Waals surface area (Å²) in [7, 11) is 0. The van der Waals surface area contributed by atoms with Gasteiger partial charge in [0.2, 0.25) is 0 Å². The molecule has 100 valence electrons. The van der Waals surface area contributed by atoms with Crippen molar-refractivity contribution in [3.8, 4) is 5.69 Å². The Morgan fingerprint density at radius 3 is 2.80 bits per heavy atom. The van der Waals surface area contributed by atoms with E-state index in [9.17, 15) is 9.90 Å². The molecule has 0 saturated heterocycles. The van der Waals surface area contributed by atoms with Crippen molar-refractivity contribution in [1.82, 2.24) is 9.55 Å². The standard InChI is InChI=1S/C14H8BrClN2O2/c15-10-6-8(16)4-5-11(10)18-7-17-13-9(14(19)20)2-1-3-12(13)18/h1-7H,(H,19,20). The quantitative estimate of drug-likeness (QED) is 0.755. The van der Waals surface area contributed by atoms with Crippen LogP contribution in [0.5, 0.6) is 0 Å². The monoisotopic (exact) mass is 350 g/mol. The lowest BCUT2D eigenvalue weighted by Crippen LogP contribution is -1.98. The first-order valence-corrected chi connectivity index (χ1v) is 6.90. The second kappa shape index (κ2) is 4.92. The van der Waals surface area contributed by atoms with E-state index in [4.69, 9.17) is 11.6 Å². The molecule has 2 aromatic carbocycles. The number of aromatic carboxylic acids is 1. The van der Waals surface area contributed by atoms with Gasteiger partial charge in [-0.1, -0.05) is 17.7 Å². The fourth-order valence-electron chi connectivity index (χ4n) is 2.08. The molecule has 20 heavy (non-hydrogen) atoms. The number of benzene rings is 2. The van der Waals surface area contributed by atoms with Crippen LogP contribution in [0.15, 0.2) is 47.2 Å². The van der Waals surface area contributed by atoms with Crippen LogP contribution in [0.3, 0.4) is 0 Å². The Kier molecular flexibility index (Phi) is 3.23. The molecule has 0 aliphatic heterocycles. The van der Waals surface area contributed by atoms with Crippen molar-refractivity contribution in [2.75, 3.05) is 0 Å². The number of halogens is 2. The maximum absolute atomic E-state index is 11.2. The summed E-state index contributed by atoms with van der Waals surface area (Å²) in [5, 5.41) is 9.80. The molecule has 1 heterocycles. The third kappa shape index (κ3) is 2.09. The molecule has 0 spiro atoms. The van der Waals surface area contributed by atoms with Crippen LogP contribution in [-0.4, -0.2) is 20.6 Å². The topological polar surface area (TPSA) is 55.1 Å². The van der Waals surface area contributed by atoms with Crippen LogP contribution >= 0.6 is 27.5 Å². The summed E-state index contributed by atoms with van der Waals surface area (Å²) in [4.78, 5) is 15.4. The first kappa shape index (κ1) is 13.1. The van der Waals surface area contributed by atoms with Crippen molar-refractivity contribution < 1.29 is 9.90 Å². The van der Waals surface area contributed by atoms with Gasteiger partial charge in [-0.3, -0.25) is 4.57 Å². The van der Waals surface area contributed by atoms with Gasteiger partial charge in [-0.15, -0.1) is 0 Å². The van der Waals surface area contributed by atoms with Crippen LogP contribution in [0.25, 0.3) is 16.7 Å². The first-order chi connectivity index (χ1) is 9.58. The summed E-state index contributed by atoms with van der Waals surface area (Å²) in [5.74, 6) is -0.990. The first-order valence-electron chi connectivity index (χ1n) is 5.72. The largest absolute Gasteiger partial charge is 0.478 e. The van der Waals surface area contributed by atoms with Crippen molar-refractivity contribution in [2.24, 2.45) is 0 Å². The highest BCUT2D eigenvalue weighted by atomic mass is 79.9. The molecular weight excluding hydrogens is 344 g/mol. The van der Waals surface area contributed by atoms with Crippen molar-refractivity contribution in [3.63, 3.8) is 0 Å². The van der Waals surface area contributed by atoms with E-state index in [0.717, 1.165) is 15.7 Å². The van der Waals surface area contributed by atoms with Crippen molar-refractivity contribution in [2.45, 2.75) is 0 Å². The molecule has 4 nitrogen and oxygen atoms in total. The van der Waals surface area contributed by atoms with Gasteiger partial charge in [0.1, 0.15) is 11.8 Å². The van der Waals surface area contributed by atoms with Crippen molar-refractivity contribution in [3.05, 3.63) is 57.8 Å². The molecule has 3 aromatic rings. The smallest absolute Gasteiger partial charge is 0.337 e. The predicted octanol–water partition coefficient (Wildman–Crippen LogP) is 4.14. The number of hydrogen-bond donors (Lipinski definition) is 1. The predicted molar refractivity (Wildman–Crippen MR) is 80.7 cm³/mol. The van der Waals surface area contributed by atoms with E-state index in [1.165, 1.54) is 0 Å². The second-order valence-corrected chi connectivity index (χ2v) is 5.48. The van der Waals surface area contributed by atoms with E-state index >= 15 is 0 Å². The zero-order valence-electron chi connectivity index (χ0n) is 10.0. The number of carboxylic acids is 1. The summed E-state index contributed by atoms with van der Waals surface area (Å²) in [5.41, 5.74) is 2.22. The molecule has 0 fully saturated rings. The normalized spacial score (nSPS) is 10.9. The third-order valence-electron chi connectivity index (χ3n) is 2.98. The lowest BCUT2D eigenvalue weighted by Gasteiger charge is -2.07. The Morgan fingerprint density at radius 2 is 2.10 bits per heavy atom. The molecule has 1 N–H and O–H groups in total. The van der Waals surface area contributed by atoms with Gasteiger partial charge in [-0.2, -0.15) is 0 Å². The maximum Gasteiger partial charge on any atom is 0.337 e. The number of hydrogen-bond acceptors (Lipinski definition) is 2. The van der Waals surface area contributed by atoms with E-state index in [1.54, 1.807) is 30.6 Å². The molecule has 0 unspecified atom stereocenters. The number of fused-ring (bicyclic) bond motifs is 1. The highest BCUT2D eigenvalue weighted by molar-refractivity contribution is 9.10. The lowest BCUT2D eigenvalue weighted by atomic mass is 10.2. The minimum Gasteiger partial charge on any atom is -0.478 e. The molecule has 0 aliphatic rings. The zero-order chi connectivity index (χ0) is 14.3. The van der Waals surface area contributed by atoms with Crippen LogP contribution in [-0.2, 0) is 0 Å². The van der Waals surface area contributed by atoms with E-state index in [2.05, 4.69) is 20.9 Å². The minimum atomic E-state index is -0.990. The highest BCUT2D eigenvalue weighted by Gasteiger charge is 2.14. The fourth-order valence-corrected chi connectivity index (χ4v) is 2.95. The number of imidazole rings is 1. The average Bonchev–Trinajstić information content (AvgIpc) is 2.82. The summed E-state index contributed by atoms with van der Waals surface area (Å²) in [6, 6.07) is 10.5. The highest BCUT2D eigenvalue weighted by Crippen LogP contribution is 2.28. The molecule has 1 aromatic heterocycles. The Hall–Kier alpha value is -1.85. The molecule has 0 amide bonds. The Bertz CT molecular complexity index is 829. The van der Waals surface area contributed by atoms with Gasteiger partial charge in [-0.05, 0) is 46.3 Å². The van der Waals surface area contributed by atoms with Gasteiger partial charge in [0, 0.05) is 9.50 Å². The Balaban J connectivity index is 2.28. The Morgan fingerprint density at radius 1 is 1.30 bits per heavy atom. The number of para-hydroxylation sites is 1. The van der Waals surface area contributed by atoms with Crippen molar-refractivity contribution in [1.29, 1.82) is 0 Å². The third-order valence-corrected chi connectivity index (χ3v) is 3.85. The number of carbonyl (C=O) groups is 1. The van der Waals surface area contributed by atoms with Crippen LogP contribution in [0.2, 0.25) is 5.02 Å². The van der Waals surface area contributed by atoms with Crippen molar-refractivity contribution >= 4 is 44.5 Å². The van der Waals surface area contributed by atoms with Gasteiger partial charge in [0.25, 0.3) is 0 Å². The number of carboxylic acid groups (broad SMARTS) is 1. The second-order valence-electron chi connectivity index (χ2n) is 4.19. The molecule has 0 radical (unpaired) electrons. The number of rotatable bonds is 2. The van der Waals surface area contributed by atoms with Gasteiger partial charge >= 0.3 is 5.97 Å². The molecule has 0 bridgehead atoms. The number of aromatic nitrogens is 2. The van der Waals surface area contributed by atoms with Crippen LogP contribution in [0.4, 0.5) is 0 Å². The lowest BCUT2D eigenvalue weighted by molar-refractivity contribution is 0.0699. The number of nitrogens with zero attached hydrogens (tertiary/aromatic N) is 2. The van der Waals surface area contributed by atoms with Gasteiger partial charge in [0.15, 0.2) is 0 Å². The molecule has 3 rings (SSSR count). The Labute approximate surface area is 127 Å². The fraction of sp³-hybridized carbons (Fsp3) is 0. The molecule has 0 aliphatic carbocycles. The van der Waals surface area contributed by atoms with Crippen LogP contribution < -0.4 is 0 Å². The van der Waals surface area contributed by atoms with E-state index in [0.29, 0.717) is 10.5 Å². The van der Waals surface area contributed by atoms with Crippen LogP contribution in [0.1, 0.15) is 10.4 Å². The van der Waals surface area contributed by atoms with Gasteiger partial charge in [0.05, 0.1) is 16.8 Å². The molecule has 0 atom stereocenters. The van der Waals surface area contributed by atoms with E-state index in [1.807, 2.05) is 16.7 Å². The average molecular weight is 352 g/mol. The molecule has 0 saturated carbocycles. The van der Waals surface area contributed by atoms with Crippen LogP contribution in [0, 0.1) is 0 Å². The van der Waals surface area contributed by atoms with E-state index in [-0.39, 0.29) is 5.56 Å². The zero-order valence-corrected chi connectivity index (χ0v) is 12.4. The summed E-state index contributed by atoms with van der Waals surface area (Å²) >= 11 is 9.38. The summed E-state index contributed by atoms with van der Waals surface area (Å²) < 4.78 is 2.63. The van der Waals surface area contributed by atoms with Gasteiger partial charge in [-0.25, -0.2) is 9.78 Å². The SMILES string of the molecule is O=C(O)c1cccc2c1ncn2-c1ccc(Cl)cc1Br. The molecular formula is C14H8BrClN2O2. The summed E-state index contributed by atoms with van der Waals surface area (Å²) in [6.45, 7) is 0. The molecule has 6 heteroatoms. The summed E-state index contributed by atoms with van der Waals surface area (Å²) in [6.07, 6.45) is 1.60. The van der Waals surface area contributed by atoms with E-state index < -0.39 is 5.97 Å². The van der Waals surface area contributed by atoms with Gasteiger partial charge < -0.3 is 5.11 Å². The maximum atomic E-state index is 11.2.